The fourth-order valence-corrected chi connectivity index (χ4v) is 1.77. The molecule has 1 heterocycles. The van der Waals surface area contributed by atoms with Crippen molar-refractivity contribution in [2.24, 2.45) is 0 Å². The number of aromatic nitrogens is 1. The zero-order valence-corrected chi connectivity index (χ0v) is 11.9. The van der Waals surface area contributed by atoms with Gasteiger partial charge >= 0.3 is 0 Å². The molecule has 0 fully saturated rings. The van der Waals surface area contributed by atoms with Gasteiger partial charge in [0, 0.05) is 18.0 Å². The van der Waals surface area contributed by atoms with Gasteiger partial charge in [0.1, 0.15) is 5.82 Å². The molecule has 3 N–H and O–H groups in total. The maximum Gasteiger partial charge on any atom is 0.253 e. The Balaban J connectivity index is 1.89. The molecule has 114 valence electrons. The van der Waals surface area contributed by atoms with Crippen LogP contribution in [0.4, 0.5) is 10.1 Å². The summed E-state index contributed by atoms with van der Waals surface area (Å²) >= 11 is 5.59. The van der Waals surface area contributed by atoms with E-state index in [1.165, 1.54) is 30.5 Å². The minimum Gasteiger partial charge on any atom is -0.343 e. The summed E-state index contributed by atoms with van der Waals surface area (Å²) in [5.41, 5.74) is 0.203. The molecule has 0 unspecified atom stereocenters. The summed E-state index contributed by atoms with van der Waals surface area (Å²) in [6.45, 7) is -0.285. The lowest BCUT2D eigenvalue weighted by atomic mass is 10.2. The predicted octanol–water partition coefficient (Wildman–Crippen LogP) is 1.54. The fourth-order valence-electron chi connectivity index (χ4n) is 1.59. The molecule has 0 aliphatic rings. The molecule has 0 atom stereocenters. The number of amides is 2. The zero-order valence-electron chi connectivity index (χ0n) is 11.2. The van der Waals surface area contributed by atoms with E-state index in [2.05, 4.69) is 15.6 Å². The minimum atomic E-state index is -0.592. The molecule has 0 radical (unpaired) electrons. The number of anilines is 1. The van der Waals surface area contributed by atoms with Crippen LogP contribution in [-0.2, 0) is 4.79 Å². The van der Waals surface area contributed by atoms with Gasteiger partial charge in [0.2, 0.25) is 11.5 Å². The number of pyridine rings is 1. The molecular formula is C14H11ClFN3O3. The van der Waals surface area contributed by atoms with Crippen LogP contribution in [-0.4, -0.2) is 23.3 Å². The largest absolute Gasteiger partial charge is 0.343 e. The Bertz CT molecular complexity index is 756. The van der Waals surface area contributed by atoms with Gasteiger partial charge in [-0.1, -0.05) is 11.6 Å². The highest BCUT2D eigenvalue weighted by molar-refractivity contribution is 6.31. The van der Waals surface area contributed by atoms with Crippen LogP contribution in [0, 0.1) is 5.82 Å². The number of nitrogens with one attached hydrogen (secondary N) is 3. The first-order chi connectivity index (χ1) is 10.5. The maximum atomic E-state index is 13.0. The van der Waals surface area contributed by atoms with Crippen molar-refractivity contribution in [1.82, 2.24) is 10.3 Å². The van der Waals surface area contributed by atoms with Crippen LogP contribution >= 0.6 is 11.6 Å². The van der Waals surface area contributed by atoms with Crippen LogP contribution in [0.5, 0.6) is 0 Å². The van der Waals surface area contributed by atoms with Crippen molar-refractivity contribution in [3.63, 3.8) is 0 Å². The summed E-state index contributed by atoms with van der Waals surface area (Å²) in [6, 6.07) is 6.28. The molecule has 2 amide bonds. The van der Waals surface area contributed by atoms with E-state index < -0.39 is 17.6 Å². The molecule has 0 aliphatic carbocycles. The number of carbonyl (C=O) groups excluding carboxylic acids is 2. The molecule has 0 saturated heterocycles. The molecule has 2 aromatic rings. The van der Waals surface area contributed by atoms with Crippen LogP contribution in [0.3, 0.4) is 0 Å². The second-order valence-corrected chi connectivity index (χ2v) is 4.71. The lowest BCUT2D eigenvalue weighted by Gasteiger charge is -2.07. The first kappa shape index (κ1) is 15.7. The Morgan fingerprint density at radius 1 is 1.23 bits per heavy atom. The van der Waals surface area contributed by atoms with Crippen LogP contribution in [0.25, 0.3) is 0 Å². The van der Waals surface area contributed by atoms with E-state index >= 15 is 0 Å². The zero-order chi connectivity index (χ0) is 16.1. The van der Waals surface area contributed by atoms with E-state index in [0.717, 1.165) is 6.07 Å². The number of hydrogen-bond donors (Lipinski definition) is 3. The van der Waals surface area contributed by atoms with E-state index in [9.17, 15) is 18.8 Å². The molecule has 0 bridgehead atoms. The van der Waals surface area contributed by atoms with Gasteiger partial charge in [-0.05, 0) is 24.3 Å². The van der Waals surface area contributed by atoms with E-state index in [0.29, 0.717) is 5.69 Å². The number of benzene rings is 1. The first-order valence-corrected chi connectivity index (χ1v) is 6.55. The van der Waals surface area contributed by atoms with Gasteiger partial charge in [-0.3, -0.25) is 14.4 Å². The van der Waals surface area contributed by atoms with E-state index in [-0.39, 0.29) is 22.7 Å². The summed E-state index contributed by atoms with van der Waals surface area (Å²) in [7, 11) is 0. The smallest absolute Gasteiger partial charge is 0.253 e. The van der Waals surface area contributed by atoms with Crippen LogP contribution in [0.2, 0.25) is 5.02 Å². The predicted molar refractivity (Wildman–Crippen MR) is 79.4 cm³/mol. The summed E-state index contributed by atoms with van der Waals surface area (Å²) in [5.74, 6) is -1.60. The van der Waals surface area contributed by atoms with E-state index in [1.807, 2.05) is 0 Å². The lowest BCUT2D eigenvalue weighted by molar-refractivity contribution is -0.115. The van der Waals surface area contributed by atoms with Crippen molar-refractivity contribution in [2.45, 2.75) is 0 Å². The van der Waals surface area contributed by atoms with Crippen molar-refractivity contribution in [3.8, 4) is 0 Å². The van der Waals surface area contributed by atoms with Gasteiger partial charge in [-0.15, -0.1) is 0 Å². The molecule has 2 rings (SSSR count). The Morgan fingerprint density at radius 3 is 2.64 bits per heavy atom. The second kappa shape index (κ2) is 6.86. The Labute approximate surface area is 129 Å². The third kappa shape index (κ3) is 4.16. The third-order valence-corrected chi connectivity index (χ3v) is 2.95. The lowest BCUT2D eigenvalue weighted by Crippen LogP contribution is -2.33. The maximum absolute atomic E-state index is 13.0. The molecule has 1 aromatic heterocycles. The number of hydrogen-bond acceptors (Lipinski definition) is 3. The van der Waals surface area contributed by atoms with Crippen molar-refractivity contribution >= 4 is 29.1 Å². The fraction of sp³-hybridized carbons (Fsp3) is 0.0714. The highest BCUT2D eigenvalue weighted by Gasteiger charge is 2.09. The van der Waals surface area contributed by atoms with Crippen LogP contribution in [0.15, 0.2) is 41.3 Å². The number of halogens is 2. The molecule has 0 saturated carbocycles. The molecule has 22 heavy (non-hydrogen) atoms. The highest BCUT2D eigenvalue weighted by Crippen LogP contribution is 2.19. The minimum absolute atomic E-state index is 0.116. The van der Waals surface area contributed by atoms with E-state index in [4.69, 9.17) is 11.6 Å². The standard InChI is InChI=1S/C14H11ClFN3O3/c15-10-5-9(2-3-11(10)16)19-13(21)7-18-14(22)8-1-4-12(20)17-6-8/h1-6H,7H2,(H,17,20)(H,18,22)(H,19,21). The second-order valence-electron chi connectivity index (χ2n) is 4.30. The molecule has 1 aromatic carbocycles. The van der Waals surface area contributed by atoms with Gasteiger partial charge in [0.25, 0.3) is 5.91 Å². The highest BCUT2D eigenvalue weighted by atomic mass is 35.5. The normalized spacial score (nSPS) is 10.1. The monoisotopic (exact) mass is 323 g/mol. The Kier molecular flexibility index (Phi) is 4.90. The quantitative estimate of drug-likeness (QED) is 0.797. The number of H-pyrrole nitrogens is 1. The van der Waals surface area contributed by atoms with Crippen molar-refractivity contribution < 1.29 is 14.0 Å². The van der Waals surface area contributed by atoms with Gasteiger partial charge in [0.15, 0.2) is 0 Å². The summed E-state index contributed by atoms with van der Waals surface area (Å²) < 4.78 is 13.0. The molecular weight excluding hydrogens is 313 g/mol. The van der Waals surface area contributed by atoms with Crippen molar-refractivity contribution in [3.05, 3.63) is 63.3 Å². The summed E-state index contributed by atoms with van der Waals surface area (Å²) in [6.07, 6.45) is 1.25. The molecule has 0 aliphatic heterocycles. The topological polar surface area (TPSA) is 91.1 Å². The number of aromatic amines is 1. The molecule has 6 nitrogen and oxygen atoms in total. The SMILES string of the molecule is O=C(CNC(=O)c1ccc(=O)[nH]c1)Nc1ccc(F)c(Cl)c1. The summed E-state index contributed by atoms with van der Waals surface area (Å²) in [5, 5.41) is 4.73. The Morgan fingerprint density at radius 2 is 2.00 bits per heavy atom. The van der Waals surface area contributed by atoms with Crippen LogP contribution in [0.1, 0.15) is 10.4 Å². The van der Waals surface area contributed by atoms with Gasteiger partial charge in [-0.25, -0.2) is 4.39 Å². The van der Waals surface area contributed by atoms with Gasteiger partial charge < -0.3 is 15.6 Å². The summed E-state index contributed by atoms with van der Waals surface area (Å²) in [4.78, 5) is 36.6. The van der Waals surface area contributed by atoms with Gasteiger partial charge in [-0.2, -0.15) is 0 Å². The third-order valence-electron chi connectivity index (χ3n) is 2.66. The Hall–Kier alpha value is -2.67. The number of carbonyl (C=O) groups is 2. The average molecular weight is 324 g/mol. The van der Waals surface area contributed by atoms with Crippen molar-refractivity contribution in [2.75, 3.05) is 11.9 Å². The molecule has 8 heteroatoms. The van der Waals surface area contributed by atoms with E-state index in [1.54, 1.807) is 0 Å². The van der Waals surface area contributed by atoms with Gasteiger partial charge in [0.05, 0.1) is 17.1 Å². The first-order valence-electron chi connectivity index (χ1n) is 6.17. The van der Waals surface area contributed by atoms with Crippen LogP contribution < -0.4 is 16.2 Å². The molecule has 0 spiro atoms. The number of rotatable bonds is 4. The average Bonchev–Trinajstić information content (AvgIpc) is 2.49. The van der Waals surface area contributed by atoms with Crippen molar-refractivity contribution in [1.29, 1.82) is 0 Å².